The zero-order valence-electron chi connectivity index (χ0n) is 11.4. The highest BCUT2D eigenvalue weighted by Gasteiger charge is 2.18. The molecule has 0 heterocycles. The van der Waals surface area contributed by atoms with E-state index in [-0.39, 0.29) is 23.9 Å². The average Bonchev–Trinajstić information content (AvgIpc) is 2.42. The van der Waals surface area contributed by atoms with Gasteiger partial charge in [0.15, 0.2) is 9.84 Å². The van der Waals surface area contributed by atoms with Crippen molar-refractivity contribution in [3.63, 3.8) is 0 Å². The molecular formula is C13H19FO5S. The van der Waals surface area contributed by atoms with Gasteiger partial charge in [-0.15, -0.1) is 0 Å². The number of methoxy groups -OCH3 is 1. The van der Waals surface area contributed by atoms with Crippen LogP contribution in [0.3, 0.4) is 0 Å². The number of hydrogen-bond donors (Lipinski definition) is 0. The fraction of sp³-hybridized carbons (Fsp3) is 0.538. The summed E-state index contributed by atoms with van der Waals surface area (Å²) in [6.45, 7) is 1.62. The number of ether oxygens (including phenoxy) is 3. The zero-order chi connectivity index (χ0) is 14.8. The van der Waals surface area contributed by atoms with Crippen LogP contribution in [-0.4, -0.2) is 54.3 Å². The van der Waals surface area contributed by atoms with Crippen LogP contribution in [0.2, 0.25) is 0 Å². The number of hydrogen-bond acceptors (Lipinski definition) is 5. The molecule has 0 aliphatic rings. The molecule has 0 fully saturated rings. The van der Waals surface area contributed by atoms with Gasteiger partial charge in [-0.25, -0.2) is 12.8 Å². The molecular weight excluding hydrogens is 287 g/mol. The van der Waals surface area contributed by atoms with Crippen LogP contribution < -0.4 is 0 Å². The van der Waals surface area contributed by atoms with Crippen LogP contribution in [0.5, 0.6) is 0 Å². The summed E-state index contributed by atoms with van der Waals surface area (Å²) in [4.78, 5) is -0.292. The highest BCUT2D eigenvalue weighted by Crippen LogP contribution is 2.14. The van der Waals surface area contributed by atoms with Gasteiger partial charge in [0.25, 0.3) is 0 Å². The first kappa shape index (κ1) is 17.0. The summed E-state index contributed by atoms with van der Waals surface area (Å²) >= 11 is 0. The smallest absolute Gasteiger partial charge is 0.183 e. The van der Waals surface area contributed by atoms with Crippen molar-refractivity contribution in [3.8, 4) is 0 Å². The Morgan fingerprint density at radius 2 is 1.60 bits per heavy atom. The van der Waals surface area contributed by atoms with Crippen LogP contribution in [0.4, 0.5) is 4.39 Å². The van der Waals surface area contributed by atoms with E-state index in [0.717, 1.165) is 6.07 Å². The first-order valence-corrected chi connectivity index (χ1v) is 7.85. The van der Waals surface area contributed by atoms with E-state index < -0.39 is 15.7 Å². The van der Waals surface area contributed by atoms with Crippen molar-refractivity contribution < 1.29 is 27.0 Å². The lowest BCUT2D eigenvalue weighted by atomic mass is 10.3. The standard InChI is InChI=1S/C13H19FO5S/c1-17-6-7-18-8-9-19-10-11-20(15,16)13-5-3-2-4-12(13)14/h2-5H,6-11H2,1H3. The topological polar surface area (TPSA) is 61.8 Å². The van der Waals surface area contributed by atoms with E-state index in [0.29, 0.717) is 19.8 Å². The molecule has 0 saturated heterocycles. The molecule has 0 amide bonds. The second-order valence-corrected chi connectivity index (χ2v) is 6.04. The third kappa shape index (κ3) is 5.96. The van der Waals surface area contributed by atoms with Crippen molar-refractivity contribution in [2.75, 3.05) is 45.9 Å². The number of sulfone groups is 1. The van der Waals surface area contributed by atoms with Gasteiger partial charge in [0.05, 0.1) is 38.8 Å². The third-order valence-electron chi connectivity index (χ3n) is 2.47. The van der Waals surface area contributed by atoms with Gasteiger partial charge in [-0.05, 0) is 12.1 Å². The highest BCUT2D eigenvalue weighted by atomic mass is 32.2. The molecule has 0 N–H and O–H groups in total. The van der Waals surface area contributed by atoms with Crippen molar-refractivity contribution in [2.45, 2.75) is 4.90 Å². The van der Waals surface area contributed by atoms with Gasteiger partial charge in [-0.1, -0.05) is 12.1 Å². The second kappa shape index (κ2) is 9.02. The van der Waals surface area contributed by atoms with Gasteiger partial charge in [-0.2, -0.15) is 0 Å². The lowest BCUT2D eigenvalue weighted by Gasteiger charge is -2.07. The van der Waals surface area contributed by atoms with Gasteiger partial charge in [-0.3, -0.25) is 0 Å². The molecule has 0 aliphatic carbocycles. The van der Waals surface area contributed by atoms with Crippen LogP contribution in [0.15, 0.2) is 29.2 Å². The van der Waals surface area contributed by atoms with Crippen molar-refractivity contribution >= 4 is 9.84 Å². The fourth-order valence-corrected chi connectivity index (χ4v) is 2.65. The Bertz CT molecular complexity index is 489. The minimum absolute atomic E-state index is 0.00427. The van der Waals surface area contributed by atoms with Crippen molar-refractivity contribution in [1.29, 1.82) is 0 Å². The Morgan fingerprint density at radius 1 is 1.00 bits per heavy atom. The average molecular weight is 306 g/mol. The monoisotopic (exact) mass is 306 g/mol. The van der Waals surface area contributed by atoms with E-state index in [1.165, 1.54) is 18.2 Å². The summed E-state index contributed by atoms with van der Waals surface area (Å²) in [6, 6.07) is 5.30. The molecule has 0 aliphatic heterocycles. The lowest BCUT2D eigenvalue weighted by Crippen LogP contribution is -2.16. The van der Waals surface area contributed by atoms with Crippen molar-refractivity contribution in [3.05, 3.63) is 30.1 Å². The first-order chi connectivity index (χ1) is 9.58. The Kier molecular flexibility index (Phi) is 7.68. The molecule has 0 radical (unpaired) electrons. The molecule has 114 valence electrons. The van der Waals surface area contributed by atoms with Crippen LogP contribution in [0, 0.1) is 5.82 Å². The molecule has 0 saturated carbocycles. The first-order valence-electron chi connectivity index (χ1n) is 6.19. The molecule has 0 aromatic heterocycles. The van der Waals surface area contributed by atoms with Gasteiger partial charge in [0.1, 0.15) is 10.7 Å². The minimum atomic E-state index is -3.65. The van der Waals surface area contributed by atoms with Crippen LogP contribution in [-0.2, 0) is 24.0 Å². The molecule has 0 bridgehead atoms. The van der Waals surface area contributed by atoms with Gasteiger partial charge in [0.2, 0.25) is 0 Å². The minimum Gasteiger partial charge on any atom is -0.382 e. The maximum atomic E-state index is 13.4. The molecule has 1 rings (SSSR count). The number of rotatable bonds is 10. The quantitative estimate of drug-likeness (QED) is 0.609. The predicted octanol–water partition coefficient (Wildman–Crippen LogP) is 1.28. The summed E-state index contributed by atoms with van der Waals surface area (Å²) in [6.07, 6.45) is 0. The second-order valence-electron chi connectivity index (χ2n) is 3.97. The Hall–Kier alpha value is -1.02. The molecule has 0 spiro atoms. The molecule has 5 nitrogen and oxygen atoms in total. The summed E-state index contributed by atoms with van der Waals surface area (Å²) < 4.78 is 52.2. The van der Waals surface area contributed by atoms with E-state index >= 15 is 0 Å². The predicted molar refractivity (Wildman–Crippen MR) is 72.0 cm³/mol. The van der Waals surface area contributed by atoms with Gasteiger partial charge < -0.3 is 14.2 Å². The SMILES string of the molecule is COCCOCCOCCS(=O)(=O)c1ccccc1F. The number of benzene rings is 1. The summed E-state index contributed by atoms with van der Waals surface area (Å²) in [7, 11) is -2.08. The van der Waals surface area contributed by atoms with Crippen LogP contribution in [0.1, 0.15) is 0 Å². The van der Waals surface area contributed by atoms with Crippen molar-refractivity contribution in [2.24, 2.45) is 0 Å². The molecule has 1 aromatic carbocycles. The van der Waals surface area contributed by atoms with Crippen LogP contribution in [0.25, 0.3) is 0 Å². The fourth-order valence-electron chi connectivity index (χ4n) is 1.44. The largest absolute Gasteiger partial charge is 0.382 e. The molecule has 0 atom stereocenters. The Morgan fingerprint density at radius 3 is 2.25 bits per heavy atom. The molecule has 7 heteroatoms. The summed E-state index contributed by atoms with van der Waals surface area (Å²) in [5, 5.41) is 0. The molecule has 1 aromatic rings. The van der Waals surface area contributed by atoms with E-state index in [9.17, 15) is 12.8 Å². The van der Waals surface area contributed by atoms with E-state index in [4.69, 9.17) is 14.2 Å². The normalized spacial score (nSPS) is 11.7. The third-order valence-corrected chi connectivity index (χ3v) is 4.18. The maximum absolute atomic E-state index is 13.4. The molecule has 20 heavy (non-hydrogen) atoms. The van der Waals surface area contributed by atoms with Gasteiger partial charge >= 0.3 is 0 Å². The molecule has 0 unspecified atom stereocenters. The number of halogens is 1. The van der Waals surface area contributed by atoms with Crippen LogP contribution >= 0.6 is 0 Å². The lowest BCUT2D eigenvalue weighted by molar-refractivity contribution is 0.0284. The highest BCUT2D eigenvalue weighted by molar-refractivity contribution is 7.91. The van der Waals surface area contributed by atoms with E-state index in [1.54, 1.807) is 7.11 Å². The summed E-state index contributed by atoms with van der Waals surface area (Å²) in [5.74, 6) is -0.998. The zero-order valence-corrected chi connectivity index (χ0v) is 12.2. The van der Waals surface area contributed by atoms with E-state index in [2.05, 4.69) is 0 Å². The van der Waals surface area contributed by atoms with Crippen molar-refractivity contribution in [1.82, 2.24) is 0 Å². The van der Waals surface area contributed by atoms with Gasteiger partial charge in [0, 0.05) is 7.11 Å². The van der Waals surface area contributed by atoms with E-state index in [1.807, 2.05) is 0 Å². The summed E-state index contributed by atoms with van der Waals surface area (Å²) in [5.41, 5.74) is 0. The maximum Gasteiger partial charge on any atom is 0.183 e. The Balaban J connectivity index is 2.26. The Labute approximate surface area is 118 Å².